The fourth-order valence-corrected chi connectivity index (χ4v) is 1.88. The summed E-state index contributed by atoms with van der Waals surface area (Å²) in [5.74, 6) is -0.215. The fourth-order valence-electron chi connectivity index (χ4n) is 1.88. The average molecular weight is 209 g/mol. The van der Waals surface area contributed by atoms with Crippen molar-refractivity contribution in [2.24, 2.45) is 5.73 Å². The van der Waals surface area contributed by atoms with Crippen molar-refractivity contribution in [3.8, 4) is 0 Å². The summed E-state index contributed by atoms with van der Waals surface area (Å²) in [5.41, 5.74) is 6.53. The Bertz CT molecular complexity index is 321. The Morgan fingerprint density at radius 3 is 2.87 bits per heavy atom. The lowest BCUT2D eigenvalue weighted by molar-refractivity contribution is 0.203. The summed E-state index contributed by atoms with van der Waals surface area (Å²) >= 11 is 0. The van der Waals surface area contributed by atoms with Crippen LogP contribution in [-0.2, 0) is 6.54 Å². The standard InChI is InChI=1S/C11H16FN3/c12-11-7-14-4-1-9(11)8-15-5-2-10(13)3-6-15/h1,4,7,10H,2-3,5-6,8,13H2. The molecule has 0 aliphatic carbocycles. The number of halogens is 1. The summed E-state index contributed by atoms with van der Waals surface area (Å²) < 4.78 is 13.3. The number of hydrogen-bond donors (Lipinski definition) is 1. The van der Waals surface area contributed by atoms with Gasteiger partial charge in [-0.15, -0.1) is 0 Å². The van der Waals surface area contributed by atoms with Crippen molar-refractivity contribution < 1.29 is 4.39 Å². The number of piperidine rings is 1. The van der Waals surface area contributed by atoms with Crippen molar-refractivity contribution in [2.45, 2.75) is 25.4 Å². The van der Waals surface area contributed by atoms with E-state index < -0.39 is 0 Å². The highest BCUT2D eigenvalue weighted by Crippen LogP contribution is 2.13. The predicted octanol–water partition coefficient (Wildman–Crippen LogP) is 1.14. The molecule has 0 atom stereocenters. The molecule has 0 spiro atoms. The van der Waals surface area contributed by atoms with E-state index in [1.807, 2.05) is 0 Å². The number of rotatable bonds is 2. The minimum atomic E-state index is -0.215. The van der Waals surface area contributed by atoms with Crippen molar-refractivity contribution in [3.63, 3.8) is 0 Å². The zero-order valence-corrected chi connectivity index (χ0v) is 8.69. The summed E-state index contributed by atoms with van der Waals surface area (Å²) in [5, 5.41) is 0. The van der Waals surface area contributed by atoms with Gasteiger partial charge in [-0.05, 0) is 32.0 Å². The van der Waals surface area contributed by atoms with Crippen molar-refractivity contribution >= 4 is 0 Å². The molecular weight excluding hydrogens is 193 g/mol. The van der Waals surface area contributed by atoms with Gasteiger partial charge in [-0.1, -0.05) is 0 Å². The van der Waals surface area contributed by atoms with Gasteiger partial charge in [0, 0.05) is 24.3 Å². The fraction of sp³-hybridized carbons (Fsp3) is 0.545. The number of hydrogen-bond acceptors (Lipinski definition) is 3. The molecule has 1 fully saturated rings. The highest BCUT2D eigenvalue weighted by atomic mass is 19.1. The molecule has 0 bridgehead atoms. The van der Waals surface area contributed by atoms with Crippen LogP contribution < -0.4 is 5.73 Å². The lowest BCUT2D eigenvalue weighted by atomic mass is 10.1. The molecule has 15 heavy (non-hydrogen) atoms. The molecule has 2 N–H and O–H groups in total. The lowest BCUT2D eigenvalue weighted by Crippen LogP contribution is -2.39. The minimum Gasteiger partial charge on any atom is -0.328 e. The third-order valence-electron chi connectivity index (χ3n) is 2.88. The van der Waals surface area contributed by atoms with Crippen LogP contribution in [0.2, 0.25) is 0 Å². The molecule has 82 valence electrons. The smallest absolute Gasteiger partial charge is 0.145 e. The van der Waals surface area contributed by atoms with Crippen molar-refractivity contribution in [1.29, 1.82) is 0 Å². The molecule has 1 saturated heterocycles. The monoisotopic (exact) mass is 209 g/mol. The predicted molar refractivity (Wildman–Crippen MR) is 56.7 cm³/mol. The first kappa shape index (κ1) is 10.5. The van der Waals surface area contributed by atoms with E-state index >= 15 is 0 Å². The zero-order valence-electron chi connectivity index (χ0n) is 8.69. The van der Waals surface area contributed by atoms with Gasteiger partial charge >= 0.3 is 0 Å². The molecule has 1 aliphatic rings. The molecule has 0 unspecified atom stereocenters. The van der Waals surface area contributed by atoms with Gasteiger partial charge in [0.05, 0.1) is 6.20 Å². The van der Waals surface area contributed by atoms with Crippen molar-refractivity contribution in [1.82, 2.24) is 9.88 Å². The van der Waals surface area contributed by atoms with Gasteiger partial charge in [0.15, 0.2) is 0 Å². The third-order valence-corrected chi connectivity index (χ3v) is 2.88. The van der Waals surface area contributed by atoms with Crippen LogP contribution in [0.15, 0.2) is 18.5 Å². The second-order valence-electron chi connectivity index (χ2n) is 4.08. The molecule has 0 radical (unpaired) electrons. The third kappa shape index (κ3) is 2.73. The van der Waals surface area contributed by atoms with Gasteiger partial charge < -0.3 is 5.73 Å². The molecule has 0 amide bonds. The van der Waals surface area contributed by atoms with E-state index in [1.54, 1.807) is 12.3 Å². The van der Waals surface area contributed by atoms with Gasteiger partial charge in [-0.25, -0.2) is 4.39 Å². The van der Waals surface area contributed by atoms with Gasteiger partial charge in [0.1, 0.15) is 5.82 Å². The molecule has 0 aromatic carbocycles. The van der Waals surface area contributed by atoms with E-state index in [0.29, 0.717) is 12.6 Å². The second-order valence-corrected chi connectivity index (χ2v) is 4.08. The van der Waals surface area contributed by atoms with Crippen LogP contribution >= 0.6 is 0 Å². The first-order chi connectivity index (χ1) is 7.25. The number of aromatic nitrogens is 1. The molecule has 1 aliphatic heterocycles. The number of nitrogens with two attached hydrogens (primary N) is 1. The first-order valence-electron chi connectivity index (χ1n) is 5.32. The largest absolute Gasteiger partial charge is 0.328 e. The maximum absolute atomic E-state index is 13.3. The van der Waals surface area contributed by atoms with Crippen LogP contribution in [0.5, 0.6) is 0 Å². The van der Waals surface area contributed by atoms with Crippen LogP contribution in [0.4, 0.5) is 4.39 Å². The summed E-state index contributed by atoms with van der Waals surface area (Å²) in [7, 11) is 0. The van der Waals surface area contributed by atoms with Gasteiger partial charge in [0.2, 0.25) is 0 Å². The van der Waals surface area contributed by atoms with E-state index in [2.05, 4.69) is 9.88 Å². The van der Waals surface area contributed by atoms with Crippen LogP contribution in [0.25, 0.3) is 0 Å². The molecule has 0 saturated carbocycles. The molecular formula is C11H16FN3. The maximum atomic E-state index is 13.3. The highest BCUT2D eigenvalue weighted by molar-refractivity contribution is 5.12. The van der Waals surface area contributed by atoms with Crippen LogP contribution in [0, 0.1) is 5.82 Å². The van der Waals surface area contributed by atoms with Crippen molar-refractivity contribution in [2.75, 3.05) is 13.1 Å². The van der Waals surface area contributed by atoms with Crippen LogP contribution in [-0.4, -0.2) is 29.0 Å². The van der Waals surface area contributed by atoms with E-state index in [0.717, 1.165) is 31.5 Å². The zero-order chi connectivity index (χ0) is 10.7. The average Bonchev–Trinajstić information content (AvgIpc) is 2.25. The quantitative estimate of drug-likeness (QED) is 0.794. The number of nitrogens with zero attached hydrogens (tertiary/aromatic N) is 2. The Morgan fingerprint density at radius 2 is 2.20 bits per heavy atom. The van der Waals surface area contributed by atoms with Crippen molar-refractivity contribution in [3.05, 3.63) is 29.8 Å². The molecule has 1 aromatic rings. The molecule has 1 aromatic heterocycles. The Balaban J connectivity index is 1.95. The van der Waals surface area contributed by atoms with Gasteiger partial charge in [-0.3, -0.25) is 9.88 Å². The SMILES string of the molecule is NC1CCN(Cc2ccncc2F)CC1. The summed E-state index contributed by atoms with van der Waals surface area (Å²) in [6.45, 7) is 2.59. The number of likely N-dealkylation sites (tertiary alicyclic amines) is 1. The summed E-state index contributed by atoms with van der Waals surface area (Å²) in [6, 6.07) is 2.06. The molecule has 3 nitrogen and oxygen atoms in total. The minimum absolute atomic E-state index is 0.215. The lowest BCUT2D eigenvalue weighted by Gasteiger charge is -2.30. The topological polar surface area (TPSA) is 42.1 Å². The van der Waals surface area contributed by atoms with E-state index in [4.69, 9.17) is 5.73 Å². The summed E-state index contributed by atoms with van der Waals surface area (Å²) in [6.07, 6.45) is 4.92. The number of pyridine rings is 1. The Hall–Kier alpha value is -1.00. The van der Waals surface area contributed by atoms with Gasteiger partial charge in [-0.2, -0.15) is 0 Å². The highest BCUT2D eigenvalue weighted by Gasteiger charge is 2.16. The molecule has 2 rings (SSSR count). The Labute approximate surface area is 89.1 Å². The Kier molecular flexibility index (Phi) is 3.28. The summed E-state index contributed by atoms with van der Waals surface area (Å²) in [4.78, 5) is 5.97. The first-order valence-corrected chi connectivity index (χ1v) is 5.32. The van der Waals surface area contributed by atoms with E-state index in [9.17, 15) is 4.39 Å². The normalized spacial score (nSPS) is 19.3. The maximum Gasteiger partial charge on any atom is 0.145 e. The van der Waals surface area contributed by atoms with Crippen LogP contribution in [0.3, 0.4) is 0 Å². The Morgan fingerprint density at radius 1 is 1.47 bits per heavy atom. The van der Waals surface area contributed by atoms with Crippen LogP contribution in [0.1, 0.15) is 18.4 Å². The second kappa shape index (κ2) is 4.68. The molecule has 4 heteroatoms. The molecule has 2 heterocycles. The van der Waals surface area contributed by atoms with Gasteiger partial charge in [0.25, 0.3) is 0 Å². The van der Waals surface area contributed by atoms with E-state index in [1.165, 1.54) is 6.20 Å². The van der Waals surface area contributed by atoms with E-state index in [-0.39, 0.29) is 5.82 Å².